The molecule has 0 aliphatic rings. The smallest absolute Gasteiger partial charge is 0.119 e. The SMILES string of the molecule is COc1ccc(-c2ccnnc2C)c(C)c1. The molecule has 16 heavy (non-hydrogen) atoms. The third kappa shape index (κ3) is 1.89. The van der Waals surface area contributed by atoms with Gasteiger partial charge in [0, 0.05) is 5.56 Å². The van der Waals surface area contributed by atoms with Crippen molar-refractivity contribution in [1.29, 1.82) is 0 Å². The highest BCUT2D eigenvalue weighted by Gasteiger charge is 2.06. The van der Waals surface area contributed by atoms with Crippen LogP contribution < -0.4 is 4.74 Å². The van der Waals surface area contributed by atoms with Crippen LogP contribution in [0.3, 0.4) is 0 Å². The average Bonchev–Trinajstić information content (AvgIpc) is 2.30. The van der Waals surface area contributed by atoms with Crippen LogP contribution >= 0.6 is 0 Å². The standard InChI is InChI=1S/C13H14N2O/c1-9-8-11(16-3)4-5-12(9)13-6-7-14-15-10(13)2/h4-8H,1-3H3. The van der Waals surface area contributed by atoms with Gasteiger partial charge in [-0.15, -0.1) is 0 Å². The second-order valence-electron chi connectivity index (χ2n) is 3.71. The van der Waals surface area contributed by atoms with E-state index in [2.05, 4.69) is 23.2 Å². The Labute approximate surface area is 95.1 Å². The first kappa shape index (κ1) is 10.6. The van der Waals surface area contributed by atoms with Gasteiger partial charge in [0.05, 0.1) is 19.0 Å². The minimum atomic E-state index is 0.876. The van der Waals surface area contributed by atoms with E-state index in [4.69, 9.17) is 4.74 Å². The van der Waals surface area contributed by atoms with Crippen LogP contribution in [0.5, 0.6) is 5.75 Å². The summed E-state index contributed by atoms with van der Waals surface area (Å²) in [5.41, 5.74) is 4.41. The fourth-order valence-electron chi connectivity index (χ4n) is 1.75. The van der Waals surface area contributed by atoms with Gasteiger partial charge in [-0.3, -0.25) is 0 Å². The van der Waals surface area contributed by atoms with Crippen molar-refractivity contribution in [1.82, 2.24) is 10.2 Å². The minimum absolute atomic E-state index is 0.876. The molecule has 1 aromatic heterocycles. The Balaban J connectivity index is 2.53. The first-order valence-corrected chi connectivity index (χ1v) is 5.15. The van der Waals surface area contributed by atoms with Gasteiger partial charge in [0.2, 0.25) is 0 Å². The molecule has 0 N–H and O–H groups in total. The van der Waals surface area contributed by atoms with Gasteiger partial charge in [-0.25, -0.2) is 0 Å². The zero-order chi connectivity index (χ0) is 11.5. The first-order valence-electron chi connectivity index (χ1n) is 5.15. The van der Waals surface area contributed by atoms with Crippen LogP contribution in [0.1, 0.15) is 11.3 Å². The third-order valence-electron chi connectivity index (χ3n) is 2.63. The number of hydrogen-bond acceptors (Lipinski definition) is 3. The molecule has 3 heteroatoms. The number of rotatable bonds is 2. The molecule has 0 aliphatic heterocycles. The Bertz CT molecular complexity index is 509. The highest BCUT2D eigenvalue weighted by atomic mass is 16.5. The fraction of sp³-hybridized carbons (Fsp3) is 0.231. The van der Waals surface area contributed by atoms with Crippen molar-refractivity contribution in [2.45, 2.75) is 13.8 Å². The Morgan fingerprint density at radius 2 is 1.88 bits per heavy atom. The lowest BCUT2D eigenvalue weighted by molar-refractivity contribution is 0.414. The molecule has 0 saturated carbocycles. The summed E-state index contributed by atoms with van der Waals surface area (Å²) in [6, 6.07) is 8.02. The third-order valence-corrected chi connectivity index (χ3v) is 2.63. The molecule has 0 radical (unpaired) electrons. The second kappa shape index (κ2) is 4.31. The van der Waals surface area contributed by atoms with E-state index in [1.165, 1.54) is 11.1 Å². The molecule has 0 fully saturated rings. The largest absolute Gasteiger partial charge is 0.497 e. The lowest BCUT2D eigenvalue weighted by atomic mass is 10.00. The molecule has 0 atom stereocenters. The molecule has 0 spiro atoms. The second-order valence-corrected chi connectivity index (χ2v) is 3.71. The summed E-state index contributed by atoms with van der Waals surface area (Å²) in [7, 11) is 1.67. The van der Waals surface area contributed by atoms with E-state index < -0.39 is 0 Å². The van der Waals surface area contributed by atoms with E-state index in [0.717, 1.165) is 17.0 Å². The van der Waals surface area contributed by atoms with E-state index >= 15 is 0 Å². The maximum atomic E-state index is 5.19. The van der Waals surface area contributed by atoms with E-state index in [1.54, 1.807) is 13.3 Å². The molecular formula is C13H14N2O. The number of benzene rings is 1. The zero-order valence-corrected chi connectivity index (χ0v) is 9.69. The van der Waals surface area contributed by atoms with Gasteiger partial charge in [-0.2, -0.15) is 10.2 Å². The van der Waals surface area contributed by atoms with Gasteiger partial charge in [0.1, 0.15) is 5.75 Å². The van der Waals surface area contributed by atoms with Gasteiger partial charge in [-0.05, 0) is 43.2 Å². The minimum Gasteiger partial charge on any atom is -0.497 e. The zero-order valence-electron chi connectivity index (χ0n) is 9.69. The molecule has 0 unspecified atom stereocenters. The van der Waals surface area contributed by atoms with Crippen molar-refractivity contribution in [3.8, 4) is 16.9 Å². The average molecular weight is 214 g/mol. The molecule has 0 bridgehead atoms. The number of nitrogens with zero attached hydrogens (tertiary/aromatic N) is 2. The Kier molecular flexibility index (Phi) is 2.86. The summed E-state index contributed by atoms with van der Waals surface area (Å²) >= 11 is 0. The van der Waals surface area contributed by atoms with Crippen LogP contribution in [0.15, 0.2) is 30.5 Å². The van der Waals surface area contributed by atoms with Gasteiger partial charge in [-0.1, -0.05) is 6.07 Å². The normalized spacial score (nSPS) is 10.2. The van der Waals surface area contributed by atoms with Crippen molar-refractivity contribution < 1.29 is 4.74 Å². The van der Waals surface area contributed by atoms with Gasteiger partial charge >= 0.3 is 0 Å². The maximum Gasteiger partial charge on any atom is 0.119 e. The molecule has 2 rings (SSSR count). The number of ether oxygens (including phenoxy) is 1. The summed E-state index contributed by atoms with van der Waals surface area (Å²) in [4.78, 5) is 0. The van der Waals surface area contributed by atoms with Crippen molar-refractivity contribution in [2.24, 2.45) is 0 Å². The molecule has 3 nitrogen and oxygen atoms in total. The van der Waals surface area contributed by atoms with Crippen LogP contribution in [0.4, 0.5) is 0 Å². The molecule has 2 aromatic rings. The molecular weight excluding hydrogens is 200 g/mol. The van der Waals surface area contributed by atoms with Crippen molar-refractivity contribution in [3.05, 3.63) is 41.7 Å². The van der Waals surface area contributed by atoms with E-state index in [-0.39, 0.29) is 0 Å². The van der Waals surface area contributed by atoms with E-state index in [0.29, 0.717) is 0 Å². The summed E-state index contributed by atoms with van der Waals surface area (Å²) in [5, 5.41) is 7.92. The van der Waals surface area contributed by atoms with Crippen molar-refractivity contribution >= 4 is 0 Å². The van der Waals surface area contributed by atoms with Crippen LogP contribution in [0.25, 0.3) is 11.1 Å². The van der Waals surface area contributed by atoms with E-state index in [1.807, 2.05) is 25.1 Å². The number of methoxy groups -OCH3 is 1. The quantitative estimate of drug-likeness (QED) is 0.771. The van der Waals surface area contributed by atoms with Crippen LogP contribution in [0, 0.1) is 13.8 Å². The highest BCUT2D eigenvalue weighted by molar-refractivity contribution is 5.69. The fourth-order valence-corrected chi connectivity index (χ4v) is 1.75. The van der Waals surface area contributed by atoms with Crippen LogP contribution in [-0.2, 0) is 0 Å². The Hall–Kier alpha value is -1.90. The molecule has 1 aromatic carbocycles. The maximum absolute atomic E-state index is 5.19. The lowest BCUT2D eigenvalue weighted by Crippen LogP contribution is -1.92. The molecule has 1 heterocycles. The van der Waals surface area contributed by atoms with Crippen molar-refractivity contribution in [2.75, 3.05) is 7.11 Å². The monoisotopic (exact) mass is 214 g/mol. The van der Waals surface area contributed by atoms with E-state index in [9.17, 15) is 0 Å². The Morgan fingerprint density at radius 1 is 1.06 bits per heavy atom. The summed E-state index contributed by atoms with van der Waals surface area (Å²) in [5.74, 6) is 0.876. The van der Waals surface area contributed by atoms with Crippen LogP contribution in [-0.4, -0.2) is 17.3 Å². The Morgan fingerprint density at radius 3 is 2.50 bits per heavy atom. The molecule has 0 amide bonds. The lowest BCUT2D eigenvalue weighted by Gasteiger charge is -2.09. The summed E-state index contributed by atoms with van der Waals surface area (Å²) in [6.07, 6.45) is 1.71. The van der Waals surface area contributed by atoms with Gasteiger partial charge < -0.3 is 4.74 Å². The number of aromatic nitrogens is 2. The van der Waals surface area contributed by atoms with Gasteiger partial charge in [0.25, 0.3) is 0 Å². The molecule has 82 valence electrons. The first-order chi connectivity index (χ1) is 7.72. The highest BCUT2D eigenvalue weighted by Crippen LogP contribution is 2.27. The van der Waals surface area contributed by atoms with Crippen LogP contribution in [0.2, 0.25) is 0 Å². The molecule has 0 aliphatic carbocycles. The summed E-state index contributed by atoms with van der Waals surface area (Å²) < 4.78 is 5.19. The molecule has 0 saturated heterocycles. The summed E-state index contributed by atoms with van der Waals surface area (Å²) in [6.45, 7) is 4.03. The predicted octanol–water partition coefficient (Wildman–Crippen LogP) is 2.77. The van der Waals surface area contributed by atoms with Gasteiger partial charge in [0.15, 0.2) is 0 Å². The predicted molar refractivity (Wildman–Crippen MR) is 63.5 cm³/mol. The topological polar surface area (TPSA) is 35.0 Å². The van der Waals surface area contributed by atoms with Crippen molar-refractivity contribution in [3.63, 3.8) is 0 Å². The number of hydrogen-bond donors (Lipinski definition) is 0. The number of aryl methyl sites for hydroxylation is 2.